The van der Waals surface area contributed by atoms with Gasteiger partial charge in [0, 0.05) is 12.1 Å². The van der Waals surface area contributed by atoms with Crippen LogP contribution in [0.25, 0.3) is 0 Å². The van der Waals surface area contributed by atoms with Crippen LogP contribution in [0.3, 0.4) is 0 Å². The predicted octanol–water partition coefficient (Wildman–Crippen LogP) is 3.11. The number of piperidine rings is 1. The molecule has 2 atom stereocenters. The SMILES string of the molecule is CCOc1c(C)cccc1C1CCC(OC[C@@H]2NCCC[C@@H]2NS(C)(=O)=O)CC1. The van der Waals surface area contributed by atoms with Crippen LogP contribution in [-0.2, 0) is 14.8 Å². The molecule has 2 fully saturated rings. The molecule has 2 N–H and O–H groups in total. The number of ether oxygens (including phenoxy) is 2. The monoisotopic (exact) mass is 424 g/mol. The van der Waals surface area contributed by atoms with Crippen LogP contribution in [0, 0.1) is 6.92 Å². The summed E-state index contributed by atoms with van der Waals surface area (Å²) in [6.07, 6.45) is 7.55. The molecular weight excluding hydrogens is 388 g/mol. The molecule has 1 saturated carbocycles. The molecule has 0 spiro atoms. The minimum atomic E-state index is -3.21. The van der Waals surface area contributed by atoms with Gasteiger partial charge in [0.2, 0.25) is 10.0 Å². The summed E-state index contributed by atoms with van der Waals surface area (Å²) in [6, 6.07) is 6.39. The number of rotatable bonds is 8. The quantitative estimate of drug-likeness (QED) is 0.671. The van der Waals surface area contributed by atoms with Crippen LogP contribution in [0.2, 0.25) is 0 Å². The van der Waals surface area contributed by atoms with E-state index in [4.69, 9.17) is 9.47 Å². The molecule has 0 bridgehead atoms. The van der Waals surface area contributed by atoms with Gasteiger partial charge in [-0.2, -0.15) is 0 Å². The summed E-state index contributed by atoms with van der Waals surface area (Å²) < 4.78 is 38.2. The Hall–Kier alpha value is -1.15. The zero-order valence-corrected chi connectivity index (χ0v) is 18.8. The van der Waals surface area contributed by atoms with Crippen molar-refractivity contribution >= 4 is 10.0 Å². The summed E-state index contributed by atoms with van der Waals surface area (Å²) >= 11 is 0. The van der Waals surface area contributed by atoms with Gasteiger partial charge in [0.1, 0.15) is 5.75 Å². The summed E-state index contributed by atoms with van der Waals surface area (Å²) in [5.41, 5.74) is 2.53. The number of sulfonamides is 1. The van der Waals surface area contributed by atoms with Crippen LogP contribution in [0.5, 0.6) is 5.75 Å². The lowest BCUT2D eigenvalue weighted by Crippen LogP contribution is -2.55. The summed E-state index contributed by atoms with van der Waals surface area (Å²) in [7, 11) is -3.21. The van der Waals surface area contributed by atoms with Crippen molar-refractivity contribution in [2.24, 2.45) is 0 Å². The lowest BCUT2D eigenvalue weighted by atomic mass is 9.81. The topological polar surface area (TPSA) is 76.7 Å². The second-order valence-corrected chi connectivity index (χ2v) is 10.2. The lowest BCUT2D eigenvalue weighted by Gasteiger charge is -2.35. The predicted molar refractivity (Wildman–Crippen MR) is 116 cm³/mol. The molecule has 1 aromatic rings. The molecule has 164 valence electrons. The highest BCUT2D eigenvalue weighted by molar-refractivity contribution is 7.88. The van der Waals surface area contributed by atoms with E-state index in [0.29, 0.717) is 19.1 Å². The molecule has 1 heterocycles. The molecule has 0 radical (unpaired) electrons. The average Bonchev–Trinajstić information content (AvgIpc) is 2.68. The molecule has 1 saturated heterocycles. The summed E-state index contributed by atoms with van der Waals surface area (Å²) in [4.78, 5) is 0. The Labute approximate surface area is 175 Å². The lowest BCUT2D eigenvalue weighted by molar-refractivity contribution is 0.00510. The first-order valence-electron chi connectivity index (χ1n) is 10.9. The number of aryl methyl sites for hydroxylation is 1. The minimum absolute atomic E-state index is 0.0394. The van der Waals surface area contributed by atoms with Crippen LogP contribution in [-0.4, -0.2) is 52.6 Å². The van der Waals surface area contributed by atoms with Crippen molar-refractivity contribution in [1.82, 2.24) is 10.0 Å². The Balaban J connectivity index is 1.52. The third-order valence-corrected chi connectivity index (χ3v) is 6.84. The molecule has 1 aliphatic carbocycles. The van der Waals surface area contributed by atoms with Crippen molar-refractivity contribution in [1.29, 1.82) is 0 Å². The zero-order valence-electron chi connectivity index (χ0n) is 17.9. The molecule has 2 aliphatic rings. The highest BCUT2D eigenvalue weighted by atomic mass is 32.2. The van der Waals surface area contributed by atoms with E-state index in [1.54, 1.807) is 0 Å². The Morgan fingerprint density at radius 2 is 1.93 bits per heavy atom. The number of nitrogens with one attached hydrogen (secondary N) is 2. The van der Waals surface area contributed by atoms with Crippen LogP contribution in [0.15, 0.2) is 18.2 Å². The number of benzene rings is 1. The van der Waals surface area contributed by atoms with Gasteiger partial charge in [-0.3, -0.25) is 0 Å². The molecule has 29 heavy (non-hydrogen) atoms. The molecule has 7 heteroatoms. The van der Waals surface area contributed by atoms with Crippen molar-refractivity contribution in [3.8, 4) is 5.75 Å². The fourth-order valence-corrected chi connectivity index (χ4v) is 5.49. The minimum Gasteiger partial charge on any atom is -0.493 e. The molecule has 1 aromatic carbocycles. The summed E-state index contributed by atoms with van der Waals surface area (Å²) in [5.74, 6) is 1.57. The Morgan fingerprint density at radius 1 is 1.17 bits per heavy atom. The van der Waals surface area contributed by atoms with E-state index < -0.39 is 10.0 Å². The maximum atomic E-state index is 11.6. The zero-order chi connectivity index (χ0) is 20.9. The van der Waals surface area contributed by atoms with Crippen molar-refractivity contribution < 1.29 is 17.9 Å². The third kappa shape index (κ3) is 6.41. The number of hydrogen-bond donors (Lipinski definition) is 2. The van der Waals surface area contributed by atoms with E-state index in [9.17, 15) is 8.42 Å². The van der Waals surface area contributed by atoms with E-state index >= 15 is 0 Å². The smallest absolute Gasteiger partial charge is 0.209 e. The van der Waals surface area contributed by atoms with Crippen LogP contribution in [0.4, 0.5) is 0 Å². The Kier molecular flexibility index (Phi) is 7.96. The largest absolute Gasteiger partial charge is 0.493 e. The highest BCUT2D eigenvalue weighted by Crippen LogP contribution is 2.39. The Bertz CT molecular complexity index is 760. The fraction of sp³-hybridized carbons (Fsp3) is 0.727. The van der Waals surface area contributed by atoms with Crippen LogP contribution < -0.4 is 14.8 Å². The van der Waals surface area contributed by atoms with Gasteiger partial charge < -0.3 is 14.8 Å². The highest BCUT2D eigenvalue weighted by Gasteiger charge is 2.30. The standard InChI is InChI=1S/C22H36N2O4S/c1-4-27-22-16(2)7-5-8-19(22)17-10-12-18(13-11-17)28-15-21-20(9-6-14-23-21)24-29(3,25)26/h5,7-8,17-18,20-21,23-24H,4,6,9-15H2,1-3H3/t17?,18?,20-,21-/m0/s1. The first-order chi connectivity index (χ1) is 13.9. The molecule has 0 amide bonds. The van der Waals surface area contributed by atoms with Crippen LogP contribution in [0.1, 0.15) is 62.5 Å². The first-order valence-corrected chi connectivity index (χ1v) is 12.8. The van der Waals surface area contributed by atoms with Gasteiger partial charge in [0.05, 0.1) is 25.6 Å². The average molecular weight is 425 g/mol. The molecule has 0 unspecified atom stereocenters. The van der Waals surface area contributed by atoms with Gasteiger partial charge in [-0.05, 0) is 76.0 Å². The maximum Gasteiger partial charge on any atom is 0.209 e. The molecular formula is C22H36N2O4S. The summed E-state index contributed by atoms with van der Waals surface area (Å²) in [6.45, 7) is 6.30. The van der Waals surface area contributed by atoms with Gasteiger partial charge in [-0.15, -0.1) is 0 Å². The molecule has 3 rings (SSSR count). The Morgan fingerprint density at radius 3 is 2.62 bits per heavy atom. The number of para-hydroxylation sites is 1. The summed E-state index contributed by atoms with van der Waals surface area (Å²) in [5, 5.41) is 3.43. The van der Waals surface area contributed by atoms with Crippen LogP contribution >= 0.6 is 0 Å². The molecule has 6 nitrogen and oxygen atoms in total. The second kappa shape index (κ2) is 10.2. The van der Waals surface area contributed by atoms with Crippen molar-refractivity contribution in [2.75, 3.05) is 26.0 Å². The van der Waals surface area contributed by atoms with E-state index in [-0.39, 0.29) is 18.2 Å². The van der Waals surface area contributed by atoms with Crippen molar-refractivity contribution in [2.45, 2.75) is 76.5 Å². The van der Waals surface area contributed by atoms with Gasteiger partial charge in [0.15, 0.2) is 0 Å². The first kappa shape index (κ1) is 22.5. The number of hydrogen-bond acceptors (Lipinski definition) is 5. The van der Waals surface area contributed by atoms with Crippen molar-refractivity contribution in [3.05, 3.63) is 29.3 Å². The van der Waals surface area contributed by atoms with E-state index in [2.05, 4.69) is 35.2 Å². The van der Waals surface area contributed by atoms with E-state index in [0.717, 1.165) is 50.8 Å². The molecule has 0 aromatic heterocycles. The van der Waals surface area contributed by atoms with Gasteiger partial charge >= 0.3 is 0 Å². The second-order valence-electron chi connectivity index (χ2n) is 8.43. The van der Waals surface area contributed by atoms with E-state index in [1.165, 1.54) is 17.4 Å². The van der Waals surface area contributed by atoms with Gasteiger partial charge in [0.25, 0.3) is 0 Å². The normalized spacial score (nSPS) is 28.2. The van der Waals surface area contributed by atoms with E-state index in [1.807, 2.05) is 6.92 Å². The third-order valence-electron chi connectivity index (χ3n) is 6.11. The van der Waals surface area contributed by atoms with Crippen molar-refractivity contribution in [3.63, 3.8) is 0 Å². The van der Waals surface area contributed by atoms with Gasteiger partial charge in [-0.25, -0.2) is 13.1 Å². The maximum absolute atomic E-state index is 11.6. The van der Waals surface area contributed by atoms with Gasteiger partial charge in [-0.1, -0.05) is 18.2 Å². The fourth-order valence-electron chi connectivity index (χ4n) is 4.66. The molecule has 1 aliphatic heterocycles.